The van der Waals surface area contributed by atoms with E-state index in [1.165, 1.54) is 12.8 Å². The number of hydrogen-bond acceptors (Lipinski definition) is 6. The molecule has 0 amide bonds. The molecule has 1 unspecified atom stereocenters. The van der Waals surface area contributed by atoms with Crippen LogP contribution in [0.5, 0.6) is 0 Å². The van der Waals surface area contributed by atoms with Crippen LogP contribution < -0.4 is 0 Å². The van der Waals surface area contributed by atoms with Crippen molar-refractivity contribution in [3.63, 3.8) is 0 Å². The van der Waals surface area contributed by atoms with Crippen LogP contribution in [0.15, 0.2) is 11.4 Å². The first kappa shape index (κ1) is 19.8. The molecule has 1 aliphatic heterocycles. The molecule has 2 fully saturated rings. The highest BCUT2D eigenvalue weighted by molar-refractivity contribution is 7.91. The van der Waals surface area contributed by atoms with E-state index < -0.39 is 9.84 Å². The predicted octanol–water partition coefficient (Wildman–Crippen LogP) is 1.71. The van der Waals surface area contributed by atoms with E-state index in [2.05, 4.69) is 9.88 Å². The standard InChI is InChI=1S/C18H31N3O4S/c1-24-10-9-21-17(12-20-8-4-3-5-16(20)13-25-2)11-19-18(21)26(22,23)14-15-6-7-15/h11,15-16H,3-10,12-14H2,1-2H3. The maximum atomic E-state index is 12.8. The van der Waals surface area contributed by atoms with Crippen LogP contribution in [0.4, 0.5) is 0 Å². The van der Waals surface area contributed by atoms with Crippen LogP contribution in [0.3, 0.4) is 0 Å². The van der Waals surface area contributed by atoms with E-state index in [1.54, 1.807) is 20.4 Å². The lowest BCUT2D eigenvalue weighted by Gasteiger charge is -2.35. The average Bonchev–Trinajstić information content (AvgIpc) is 3.32. The smallest absolute Gasteiger partial charge is 0.227 e. The number of ether oxygens (including phenoxy) is 2. The minimum Gasteiger partial charge on any atom is -0.383 e. The lowest BCUT2D eigenvalue weighted by molar-refractivity contribution is 0.0580. The fraction of sp³-hybridized carbons (Fsp3) is 0.833. The monoisotopic (exact) mass is 385 g/mol. The van der Waals surface area contributed by atoms with Crippen LogP contribution in [-0.2, 0) is 32.4 Å². The molecule has 0 aromatic carbocycles. The van der Waals surface area contributed by atoms with Gasteiger partial charge in [0, 0.05) is 33.4 Å². The van der Waals surface area contributed by atoms with Gasteiger partial charge < -0.3 is 14.0 Å². The number of sulfone groups is 1. The molecule has 1 saturated heterocycles. The molecule has 0 spiro atoms. The van der Waals surface area contributed by atoms with E-state index >= 15 is 0 Å². The first-order chi connectivity index (χ1) is 12.5. The van der Waals surface area contributed by atoms with Crippen molar-refractivity contribution in [2.75, 3.05) is 39.7 Å². The Bertz CT molecular complexity index is 683. The van der Waals surface area contributed by atoms with E-state index in [-0.39, 0.29) is 10.9 Å². The Morgan fingerprint density at radius 1 is 1.19 bits per heavy atom. The van der Waals surface area contributed by atoms with E-state index in [9.17, 15) is 8.42 Å². The third-order valence-electron chi connectivity index (χ3n) is 5.32. The van der Waals surface area contributed by atoms with Crippen molar-refractivity contribution in [3.8, 4) is 0 Å². The van der Waals surface area contributed by atoms with Crippen molar-refractivity contribution in [1.82, 2.24) is 14.5 Å². The summed E-state index contributed by atoms with van der Waals surface area (Å²) in [6.45, 7) is 3.39. The number of hydrogen-bond donors (Lipinski definition) is 0. The maximum Gasteiger partial charge on any atom is 0.227 e. The second-order valence-corrected chi connectivity index (χ2v) is 9.40. The Hall–Kier alpha value is -0.960. The van der Waals surface area contributed by atoms with Crippen molar-refractivity contribution in [2.45, 2.75) is 56.4 Å². The molecule has 0 N–H and O–H groups in total. The van der Waals surface area contributed by atoms with Gasteiger partial charge >= 0.3 is 0 Å². The van der Waals surface area contributed by atoms with Crippen molar-refractivity contribution in [2.24, 2.45) is 5.92 Å². The second-order valence-electron chi connectivity index (χ2n) is 7.48. The second kappa shape index (κ2) is 8.82. The SMILES string of the molecule is COCCn1c(CN2CCCCC2COC)cnc1S(=O)(=O)CC1CC1. The predicted molar refractivity (Wildman–Crippen MR) is 98.8 cm³/mol. The molecule has 1 aliphatic carbocycles. The summed E-state index contributed by atoms with van der Waals surface area (Å²) in [5, 5.41) is 0.205. The molecular formula is C18H31N3O4S. The van der Waals surface area contributed by atoms with Crippen LogP contribution in [0.25, 0.3) is 0 Å². The molecule has 0 bridgehead atoms. The Labute approximate surface area is 156 Å². The highest BCUT2D eigenvalue weighted by atomic mass is 32.2. The van der Waals surface area contributed by atoms with Gasteiger partial charge in [-0.05, 0) is 38.1 Å². The first-order valence-corrected chi connectivity index (χ1v) is 11.2. The van der Waals surface area contributed by atoms with Gasteiger partial charge in [-0.1, -0.05) is 6.42 Å². The molecule has 26 heavy (non-hydrogen) atoms. The summed E-state index contributed by atoms with van der Waals surface area (Å²) in [5.41, 5.74) is 0.944. The summed E-state index contributed by atoms with van der Waals surface area (Å²) < 4.78 is 38.0. The number of rotatable bonds is 10. The fourth-order valence-corrected chi connectivity index (χ4v) is 5.58. The molecule has 7 nitrogen and oxygen atoms in total. The summed E-state index contributed by atoms with van der Waals surface area (Å²) in [6.07, 6.45) is 7.25. The summed E-state index contributed by atoms with van der Waals surface area (Å²) in [4.78, 5) is 6.71. The van der Waals surface area contributed by atoms with Crippen LogP contribution >= 0.6 is 0 Å². The molecule has 0 radical (unpaired) electrons. The van der Waals surface area contributed by atoms with Crippen LogP contribution in [0.2, 0.25) is 0 Å². The maximum absolute atomic E-state index is 12.8. The largest absolute Gasteiger partial charge is 0.383 e. The van der Waals surface area contributed by atoms with Crippen LogP contribution in [0, 0.1) is 5.92 Å². The molecule has 148 valence electrons. The van der Waals surface area contributed by atoms with Gasteiger partial charge in [0.2, 0.25) is 15.0 Å². The zero-order valence-corrected chi connectivity index (χ0v) is 16.7. The van der Waals surface area contributed by atoms with Gasteiger partial charge in [0.25, 0.3) is 0 Å². The number of methoxy groups -OCH3 is 2. The van der Waals surface area contributed by atoms with E-state index in [0.717, 1.165) is 31.5 Å². The van der Waals surface area contributed by atoms with Crippen molar-refractivity contribution < 1.29 is 17.9 Å². The Kier molecular flexibility index (Phi) is 6.71. The lowest BCUT2D eigenvalue weighted by Crippen LogP contribution is -2.42. The quantitative estimate of drug-likeness (QED) is 0.610. The zero-order valence-electron chi connectivity index (χ0n) is 15.9. The summed E-state index contributed by atoms with van der Waals surface area (Å²) in [6, 6.07) is 0.381. The van der Waals surface area contributed by atoms with Gasteiger partial charge in [-0.25, -0.2) is 13.4 Å². The molecule has 1 aromatic heterocycles. The molecule has 1 aromatic rings. The number of aromatic nitrogens is 2. The molecular weight excluding hydrogens is 354 g/mol. The number of likely N-dealkylation sites (tertiary alicyclic amines) is 1. The minimum absolute atomic E-state index is 0.205. The Balaban J connectivity index is 1.81. The molecule has 1 saturated carbocycles. The van der Waals surface area contributed by atoms with Gasteiger partial charge in [-0.2, -0.15) is 0 Å². The molecule has 2 heterocycles. The topological polar surface area (TPSA) is 73.7 Å². The number of nitrogens with zero attached hydrogens (tertiary/aromatic N) is 3. The minimum atomic E-state index is -3.35. The summed E-state index contributed by atoms with van der Waals surface area (Å²) in [7, 11) is 0.0187. The highest BCUT2D eigenvalue weighted by Crippen LogP contribution is 2.32. The van der Waals surface area contributed by atoms with Gasteiger partial charge in [0.15, 0.2) is 0 Å². The molecule has 8 heteroatoms. The number of imidazole rings is 1. The van der Waals surface area contributed by atoms with E-state index in [4.69, 9.17) is 9.47 Å². The van der Waals surface area contributed by atoms with Crippen LogP contribution in [-0.4, -0.2) is 68.6 Å². The van der Waals surface area contributed by atoms with Crippen molar-refractivity contribution in [3.05, 3.63) is 11.9 Å². The Morgan fingerprint density at radius 3 is 2.69 bits per heavy atom. The molecule has 2 aliphatic rings. The average molecular weight is 386 g/mol. The van der Waals surface area contributed by atoms with E-state index in [0.29, 0.717) is 38.3 Å². The van der Waals surface area contributed by atoms with Crippen LogP contribution in [0.1, 0.15) is 37.8 Å². The number of piperidine rings is 1. The summed E-state index contributed by atoms with van der Waals surface area (Å²) in [5.74, 6) is 0.524. The van der Waals surface area contributed by atoms with Gasteiger partial charge in [0.05, 0.1) is 30.9 Å². The van der Waals surface area contributed by atoms with Gasteiger partial charge in [0.1, 0.15) is 0 Å². The third kappa shape index (κ3) is 4.85. The lowest BCUT2D eigenvalue weighted by atomic mass is 10.0. The van der Waals surface area contributed by atoms with Gasteiger partial charge in [-0.3, -0.25) is 4.90 Å². The van der Waals surface area contributed by atoms with E-state index in [1.807, 2.05) is 4.57 Å². The highest BCUT2D eigenvalue weighted by Gasteiger charge is 2.33. The van der Waals surface area contributed by atoms with Gasteiger partial charge in [-0.15, -0.1) is 0 Å². The fourth-order valence-electron chi connectivity index (χ4n) is 3.71. The molecule has 3 rings (SSSR count). The summed E-state index contributed by atoms with van der Waals surface area (Å²) >= 11 is 0. The zero-order chi connectivity index (χ0) is 18.6. The Morgan fingerprint density at radius 2 is 2.00 bits per heavy atom. The molecule has 1 atom stereocenters. The normalized spacial score (nSPS) is 22.0. The van der Waals surface area contributed by atoms with Crippen molar-refractivity contribution in [1.29, 1.82) is 0 Å². The first-order valence-electron chi connectivity index (χ1n) is 9.54. The third-order valence-corrected chi connectivity index (χ3v) is 7.12. The van der Waals surface area contributed by atoms with Crippen molar-refractivity contribution >= 4 is 9.84 Å².